The molecule has 0 unspecified atom stereocenters. The second kappa shape index (κ2) is 4.63. The Bertz CT molecular complexity index is 611. The van der Waals surface area contributed by atoms with Gasteiger partial charge in [-0.1, -0.05) is 6.07 Å². The molecule has 3 amide bonds. The second-order valence-corrected chi connectivity index (χ2v) is 4.89. The lowest BCUT2D eigenvalue weighted by molar-refractivity contribution is -0.136. The highest BCUT2D eigenvalue weighted by molar-refractivity contribution is 6.05. The first-order valence-corrected chi connectivity index (χ1v) is 6.42. The maximum atomic E-state index is 12.4. The van der Waals surface area contributed by atoms with E-state index in [1.54, 1.807) is 25.3 Å². The van der Waals surface area contributed by atoms with Crippen molar-refractivity contribution in [2.75, 3.05) is 7.11 Å². The third kappa shape index (κ3) is 1.84. The summed E-state index contributed by atoms with van der Waals surface area (Å²) in [6.07, 6.45) is 0.625. The first-order valence-electron chi connectivity index (χ1n) is 6.42. The Morgan fingerprint density at radius 3 is 2.80 bits per heavy atom. The van der Waals surface area contributed by atoms with Crippen molar-refractivity contribution in [3.8, 4) is 5.75 Å². The third-order valence-electron chi connectivity index (χ3n) is 3.76. The molecule has 0 radical (unpaired) electrons. The molecule has 1 N–H and O–H groups in total. The molecule has 0 spiro atoms. The van der Waals surface area contributed by atoms with Crippen LogP contribution in [0.3, 0.4) is 0 Å². The number of carbonyl (C=O) groups excluding carboxylic acids is 3. The summed E-state index contributed by atoms with van der Waals surface area (Å²) >= 11 is 0. The van der Waals surface area contributed by atoms with Crippen LogP contribution < -0.4 is 10.1 Å². The highest BCUT2D eigenvalue weighted by Gasteiger charge is 2.39. The Morgan fingerprint density at radius 2 is 2.10 bits per heavy atom. The normalized spacial score (nSPS) is 21.8. The first kappa shape index (κ1) is 12.7. The van der Waals surface area contributed by atoms with E-state index in [0.717, 1.165) is 5.56 Å². The van der Waals surface area contributed by atoms with Crippen molar-refractivity contribution in [2.24, 2.45) is 0 Å². The summed E-state index contributed by atoms with van der Waals surface area (Å²) in [5, 5.41) is 2.28. The van der Waals surface area contributed by atoms with Crippen LogP contribution >= 0.6 is 0 Å². The van der Waals surface area contributed by atoms with Gasteiger partial charge < -0.3 is 9.64 Å². The number of nitrogens with zero attached hydrogens (tertiary/aromatic N) is 1. The number of rotatable bonds is 2. The minimum Gasteiger partial charge on any atom is -0.496 e. The lowest BCUT2D eigenvalue weighted by Gasteiger charge is -2.29. The Kier molecular flexibility index (Phi) is 2.93. The van der Waals surface area contributed by atoms with Gasteiger partial charge >= 0.3 is 0 Å². The van der Waals surface area contributed by atoms with Crippen molar-refractivity contribution < 1.29 is 19.1 Å². The number of hydrogen-bond acceptors (Lipinski definition) is 4. The van der Waals surface area contributed by atoms with Gasteiger partial charge in [0.15, 0.2) is 0 Å². The maximum absolute atomic E-state index is 12.4. The molecule has 1 fully saturated rings. The molecular formula is C14H14N2O4. The van der Waals surface area contributed by atoms with Crippen molar-refractivity contribution in [1.29, 1.82) is 0 Å². The molecule has 2 heterocycles. The van der Waals surface area contributed by atoms with Crippen LogP contribution in [0.1, 0.15) is 28.8 Å². The van der Waals surface area contributed by atoms with Gasteiger partial charge in [-0.05, 0) is 18.6 Å². The van der Waals surface area contributed by atoms with Gasteiger partial charge in [-0.3, -0.25) is 19.7 Å². The number of benzene rings is 1. The summed E-state index contributed by atoms with van der Waals surface area (Å²) in [6.45, 7) is 0.338. The Morgan fingerprint density at radius 1 is 1.30 bits per heavy atom. The van der Waals surface area contributed by atoms with E-state index in [1.165, 1.54) is 4.90 Å². The predicted octanol–water partition coefficient (Wildman–Crippen LogP) is 0.456. The molecule has 1 saturated heterocycles. The van der Waals surface area contributed by atoms with Gasteiger partial charge in [0, 0.05) is 17.5 Å². The number of hydrogen-bond donors (Lipinski definition) is 1. The predicted molar refractivity (Wildman–Crippen MR) is 69.0 cm³/mol. The van der Waals surface area contributed by atoms with Gasteiger partial charge in [0.25, 0.3) is 5.91 Å². The summed E-state index contributed by atoms with van der Waals surface area (Å²) in [5.74, 6) is -0.228. The van der Waals surface area contributed by atoms with E-state index in [0.29, 0.717) is 24.3 Å². The topological polar surface area (TPSA) is 75.7 Å². The monoisotopic (exact) mass is 274 g/mol. The molecule has 1 atom stereocenters. The van der Waals surface area contributed by atoms with Crippen LogP contribution in [0.25, 0.3) is 0 Å². The zero-order chi connectivity index (χ0) is 14.3. The summed E-state index contributed by atoms with van der Waals surface area (Å²) in [7, 11) is 1.55. The number of amides is 3. The summed E-state index contributed by atoms with van der Waals surface area (Å²) in [4.78, 5) is 37.0. The highest BCUT2D eigenvalue weighted by atomic mass is 16.5. The van der Waals surface area contributed by atoms with E-state index in [2.05, 4.69) is 5.32 Å². The van der Waals surface area contributed by atoms with Crippen LogP contribution in [0.5, 0.6) is 5.75 Å². The average Bonchev–Trinajstić information content (AvgIpc) is 2.76. The molecule has 0 saturated carbocycles. The fourth-order valence-corrected chi connectivity index (χ4v) is 2.75. The molecule has 104 valence electrons. The largest absolute Gasteiger partial charge is 0.496 e. The van der Waals surface area contributed by atoms with E-state index in [4.69, 9.17) is 4.74 Å². The number of nitrogens with one attached hydrogen (secondary N) is 1. The molecule has 20 heavy (non-hydrogen) atoms. The third-order valence-corrected chi connectivity index (χ3v) is 3.76. The van der Waals surface area contributed by atoms with E-state index in [9.17, 15) is 14.4 Å². The lowest BCUT2D eigenvalue weighted by Crippen LogP contribution is -2.52. The van der Waals surface area contributed by atoms with Gasteiger partial charge in [0.05, 0.1) is 13.7 Å². The second-order valence-electron chi connectivity index (χ2n) is 4.89. The van der Waals surface area contributed by atoms with Crippen LogP contribution in [0.2, 0.25) is 0 Å². The minimum atomic E-state index is -0.586. The SMILES string of the molecule is COc1cccc2c1CN([C@@H]1CCC(=O)NC1=O)C2=O. The maximum Gasteiger partial charge on any atom is 0.255 e. The summed E-state index contributed by atoms with van der Waals surface area (Å²) in [5.41, 5.74) is 1.36. The highest BCUT2D eigenvalue weighted by Crippen LogP contribution is 2.33. The van der Waals surface area contributed by atoms with Gasteiger partial charge in [0.1, 0.15) is 11.8 Å². The number of fused-ring (bicyclic) bond motifs is 1. The van der Waals surface area contributed by atoms with E-state index in [1.807, 2.05) is 0 Å². The molecule has 6 heteroatoms. The van der Waals surface area contributed by atoms with Crippen LogP contribution in [-0.4, -0.2) is 35.8 Å². The number of piperidine rings is 1. The molecule has 2 aliphatic rings. The van der Waals surface area contributed by atoms with Gasteiger partial charge in [0.2, 0.25) is 11.8 Å². The number of carbonyl (C=O) groups is 3. The van der Waals surface area contributed by atoms with Gasteiger partial charge in [-0.2, -0.15) is 0 Å². The van der Waals surface area contributed by atoms with Gasteiger partial charge in [-0.15, -0.1) is 0 Å². The number of methoxy groups -OCH3 is 1. The Hall–Kier alpha value is -2.37. The van der Waals surface area contributed by atoms with Gasteiger partial charge in [-0.25, -0.2) is 0 Å². The van der Waals surface area contributed by atoms with E-state index >= 15 is 0 Å². The molecule has 2 aliphatic heterocycles. The Balaban J connectivity index is 1.90. The molecule has 3 rings (SSSR count). The minimum absolute atomic E-state index is 0.187. The molecular weight excluding hydrogens is 260 g/mol. The zero-order valence-electron chi connectivity index (χ0n) is 11.0. The molecule has 0 aromatic heterocycles. The summed E-state index contributed by atoms with van der Waals surface area (Å²) in [6, 6.07) is 4.69. The standard InChI is InChI=1S/C14H14N2O4/c1-20-11-4-2-3-8-9(11)7-16(14(8)19)10-5-6-12(17)15-13(10)18/h2-4,10H,5-7H2,1H3,(H,15,17,18)/t10-/m1/s1. The van der Waals surface area contributed by atoms with Crippen LogP contribution in [0, 0.1) is 0 Å². The zero-order valence-corrected chi connectivity index (χ0v) is 11.0. The molecule has 1 aromatic carbocycles. The van der Waals surface area contributed by atoms with Crippen molar-refractivity contribution in [3.63, 3.8) is 0 Å². The van der Waals surface area contributed by atoms with Crippen LogP contribution in [0.15, 0.2) is 18.2 Å². The lowest BCUT2D eigenvalue weighted by atomic mass is 10.0. The molecule has 1 aromatic rings. The summed E-state index contributed by atoms with van der Waals surface area (Å²) < 4.78 is 5.25. The number of ether oxygens (including phenoxy) is 1. The van der Waals surface area contributed by atoms with Crippen molar-refractivity contribution in [1.82, 2.24) is 10.2 Å². The average molecular weight is 274 g/mol. The van der Waals surface area contributed by atoms with E-state index < -0.39 is 11.9 Å². The molecule has 0 aliphatic carbocycles. The fourth-order valence-electron chi connectivity index (χ4n) is 2.75. The van der Waals surface area contributed by atoms with Crippen molar-refractivity contribution in [2.45, 2.75) is 25.4 Å². The van der Waals surface area contributed by atoms with Crippen LogP contribution in [-0.2, 0) is 16.1 Å². The quantitative estimate of drug-likeness (QED) is 0.795. The molecule has 0 bridgehead atoms. The Labute approximate surface area is 115 Å². The van der Waals surface area contributed by atoms with Crippen molar-refractivity contribution >= 4 is 17.7 Å². The van der Waals surface area contributed by atoms with Crippen molar-refractivity contribution in [3.05, 3.63) is 29.3 Å². The fraction of sp³-hybridized carbons (Fsp3) is 0.357. The van der Waals surface area contributed by atoms with E-state index in [-0.39, 0.29) is 18.2 Å². The number of imide groups is 1. The molecule has 6 nitrogen and oxygen atoms in total. The first-order chi connectivity index (χ1) is 9.61. The smallest absolute Gasteiger partial charge is 0.255 e. The van der Waals surface area contributed by atoms with Crippen LogP contribution in [0.4, 0.5) is 0 Å².